The van der Waals surface area contributed by atoms with Crippen LogP contribution in [0, 0.1) is 13.8 Å². The largest absolute Gasteiger partial charge is 0.481 e. The van der Waals surface area contributed by atoms with Crippen LogP contribution < -0.4 is 0 Å². The number of aryl methyl sites for hydroxylation is 2. The van der Waals surface area contributed by atoms with Gasteiger partial charge < -0.3 is 45.3 Å². The number of H-pyrrole nitrogens is 2. The zero-order chi connectivity index (χ0) is 39.6. The minimum atomic E-state index is -0.921. The van der Waals surface area contributed by atoms with Crippen LogP contribution in [0.4, 0.5) is 0 Å². The van der Waals surface area contributed by atoms with E-state index in [-0.39, 0.29) is 38.9 Å². The van der Waals surface area contributed by atoms with Crippen LogP contribution in [0.2, 0.25) is 0 Å². The molecule has 8 N–H and O–H groups in total. The van der Waals surface area contributed by atoms with E-state index in [1.165, 1.54) is 0 Å². The molecule has 0 aliphatic carbocycles. The SMILES string of the molecule is CC1=C(CCC(=O)O)c2cc3nc(cc4[nH]c(cc5[nH]c(cc1n2)c(C)c5C(C)O)c(C)c4C(C)O)C(C)=C3CCC(=O)O.CCOCC.OCCO. The van der Waals surface area contributed by atoms with Gasteiger partial charge in [0.1, 0.15) is 0 Å². The summed E-state index contributed by atoms with van der Waals surface area (Å²) in [6.07, 6.45) is -1.18. The number of allylic oxidation sites excluding steroid dienone is 4. The topological polar surface area (TPSA) is 222 Å². The van der Waals surface area contributed by atoms with Crippen LogP contribution in [-0.2, 0) is 14.3 Å². The summed E-state index contributed by atoms with van der Waals surface area (Å²) in [6, 6.07) is 7.51. The molecular formula is C40H54N4O9. The number of ether oxygens (including phenoxy) is 1. The maximum atomic E-state index is 11.6. The van der Waals surface area contributed by atoms with Crippen LogP contribution in [0.5, 0.6) is 0 Å². The van der Waals surface area contributed by atoms with Crippen molar-refractivity contribution in [3.63, 3.8) is 0 Å². The Morgan fingerprint density at radius 3 is 1.36 bits per heavy atom. The fraction of sp³-hybridized carbons (Fsp3) is 0.450. The Labute approximate surface area is 309 Å². The van der Waals surface area contributed by atoms with Gasteiger partial charge in [0.15, 0.2) is 0 Å². The van der Waals surface area contributed by atoms with E-state index in [0.29, 0.717) is 39.4 Å². The van der Waals surface area contributed by atoms with Crippen molar-refractivity contribution in [3.8, 4) is 0 Å². The smallest absolute Gasteiger partial charge is 0.303 e. The lowest BCUT2D eigenvalue weighted by molar-refractivity contribution is -0.137. The molecular weight excluding hydrogens is 680 g/mol. The maximum absolute atomic E-state index is 11.6. The highest BCUT2D eigenvalue weighted by molar-refractivity contribution is 5.96. The second kappa shape index (κ2) is 19.4. The predicted molar refractivity (Wildman–Crippen MR) is 207 cm³/mol. The summed E-state index contributed by atoms with van der Waals surface area (Å²) in [6.45, 7) is 16.5. The van der Waals surface area contributed by atoms with Gasteiger partial charge in [-0.25, -0.2) is 9.97 Å². The second-order valence-electron chi connectivity index (χ2n) is 12.9. The first-order valence-electron chi connectivity index (χ1n) is 17.8. The highest BCUT2D eigenvalue weighted by Gasteiger charge is 2.23. The molecule has 0 fully saturated rings. The first kappa shape index (κ1) is 42.8. The number of aliphatic hydroxyl groups is 4. The third kappa shape index (κ3) is 10.5. The van der Waals surface area contributed by atoms with E-state index in [9.17, 15) is 30.0 Å². The van der Waals surface area contributed by atoms with Crippen LogP contribution in [0.3, 0.4) is 0 Å². The molecule has 0 spiro atoms. The predicted octanol–water partition coefficient (Wildman–Crippen LogP) is 6.64. The first-order valence-corrected chi connectivity index (χ1v) is 17.8. The number of nitrogens with one attached hydrogen (secondary N) is 2. The van der Waals surface area contributed by atoms with E-state index in [1.54, 1.807) is 13.8 Å². The van der Waals surface area contributed by atoms with Gasteiger partial charge in [0.05, 0.1) is 48.2 Å². The van der Waals surface area contributed by atoms with E-state index in [4.69, 9.17) is 24.9 Å². The molecule has 53 heavy (non-hydrogen) atoms. The van der Waals surface area contributed by atoms with Crippen molar-refractivity contribution in [2.75, 3.05) is 26.4 Å². The Morgan fingerprint density at radius 1 is 0.642 bits per heavy atom. The third-order valence-corrected chi connectivity index (χ3v) is 9.15. The fourth-order valence-corrected chi connectivity index (χ4v) is 6.52. The second-order valence-corrected chi connectivity index (χ2v) is 12.9. The number of carbonyl (C=O) groups is 2. The van der Waals surface area contributed by atoms with E-state index in [2.05, 4.69) is 9.97 Å². The van der Waals surface area contributed by atoms with Crippen molar-refractivity contribution < 1.29 is 45.0 Å². The Morgan fingerprint density at radius 2 is 1.02 bits per heavy atom. The molecule has 0 saturated heterocycles. The molecule has 5 rings (SSSR count). The van der Waals surface area contributed by atoms with E-state index >= 15 is 0 Å². The van der Waals surface area contributed by atoms with Crippen molar-refractivity contribution in [1.29, 1.82) is 0 Å². The number of aliphatic carboxylic acids is 2. The van der Waals surface area contributed by atoms with Crippen molar-refractivity contribution in [2.45, 2.75) is 93.3 Å². The first-order chi connectivity index (χ1) is 25.1. The number of carboxylic acid groups (broad SMARTS) is 2. The average Bonchev–Trinajstić information content (AvgIpc) is 3.76. The summed E-state index contributed by atoms with van der Waals surface area (Å²) in [7, 11) is 0. The van der Waals surface area contributed by atoms with E-state index in [0.717, 1.165) is 63.2 Å². The van der Waals surface area contributed by atoms with Crippen molar-refractivity contribution in [1.82, 2.24) is 19.9 Å². The third-order valence-electron chi connectivity index (χ3n) is 9.15. The lowest BCUT2D eigenvalue weighted by atomic mass is 9.98. The number of aromatic amines is 2. The van der Waals surface area contributed by atoms with Gasteiger partial charge in [0, 0.05) is 59.2 Å². The molecule has 2 atom stereocenters. The minimum Gasteiger partial charge on any atom is -0.481 e. The molecule has 3 aromatic heterocycles. The Hall–Kier alpha value is -4.66. The summed E-state index contributed by atoms with van der Waals surface area (Å²) >= 11 is 0. The van der Waals surface area contributed by atoms with Gasteiger partial charge in [-0.05, 0) is 126 Å². The highest BCUT2D eigenvalue weighted by atomic mass is 16.5. The molecule has 13 heteroatoms. The van der Waals surface area contributed by atoms with Crippen LogP contribution in [0.15, 0.2) is 24.3 Å². The normalized spacial score (nSPS) is 13.6. The average molecular weight is 735 g/mol. The van der Waals surface area contributed by atoms with E-state index in [1.807, 2.05) is 65.8 Å². The number of aromatic nitrogens is 4. The Bertz CT molecular complexity index is 2020. The summed E-state index contributed by atoms with van der Waals surface area (Å²) < 4.78 is 4.83. The summed E-state index contributed by atoms with van der Waals surface area (Å²) in [4.78, 5) is 39.8. The van der Waals surface area contributed by atoms with Crippen molar-refractivity contribution in [2.24, 2.45) is 0 Å². The molecule has 0 radical (unpaired) electrons. The van der Waals surface area contributed by atoms with Crippen LogP contribution in [0.25, 0.3) is 44.4 Å². The number of fused-ring (bicyclic) bond motifs is 8. The number of hydrogen-bond donors (Lipinski definition) is 8. The van der Waals surface area contributed by atoms with Crippen LogP contribution in [-0.4, -0.2) is 88.9 Å². The molecule has 13 nitrogen and oxygen atoms in total. The molecule has 0 saturated carbocycles. The van der Waals surface area contributed by atoms with Gasteiger partial charge >= 0.3 is 11.9 Å². The molecule has 0 aromatic carbocycles. The number of aliphatic hydroxyl groups excluding tert-OH is 4. The lowest BCUT2D eigenvalue weighted by Crippen LogP contribution is -1.97. The Balaban J connectivity index is 0.000000753. The molecule has 5 heterocycles. The lowest BCUT2D eigenvalue weighted by Gasteiger charge is -2.05. The van der Waals surface area contributed by atoms with Crippen LogP contribution in [0.1, 0.15) is 124 Å². The van der Waals surface area contributed by atoms with Gasteiger partial charge in [-0.3, -0.25) is 9.59 Å². The molecule has 8 bridgehead atoms. The quantitative estimate of drug-likeness (QED) is 0.104. The van der Waals surface area contributed by atoms with Gasteiger partial charge in [0.2, 0.25) is 0 Å². The van der Waals surface area contributed by atoms with Gasteiger partial charge in [-0.2, -0.15) is 0 Å². The molecule has 2 unspecified atom stereocenters. The van der Waals surface area contributed by atoms with E-state index < -0.39 is 24.1 Å². The monoisotopic (exact) mass is 734 g/mol. The number of nitrogens with zero attached hydrogens (tertiary/aromatic N) is 2. The molecule has 288 valence electrons. The molecule has 3 aromatic rings. The molecule has 2 aliphatic rings. The fourth-order valence-electron chi connectivity index (χ4n) is 6.52. The van der Waals surface area contributed by atoms with Crippen molar-refractivity contribution >= 4 is 56.3 Å². The number of rotatable bonds is 11. The van der Waals surface area contributed by atoms with Crippen LogP contribution >= 0.6 is 0 Å². The standard InChI is InChI=1S/C34H38N4O6.C4H10O.C2H6O2/c1-15-21(7-9-31(41)42)27-14-28-22(8-10-32(43)44)16(2)24(36-28)12-29-34(20(6)40)18(4)26(38-29)13-30-33(19(5)39)17(3)25(37-30)11-23(15)35-27;1-3-5-4-2;3-1-2-4/h11-14,19-20,37-40H,7-10H2,1-6H3,(H,41,42)(H,43,44);3-4H2,1-2H3;3-4H,1-2H2. The molecule has 0 amide bonds. The highest BCUT2D eigenvalue weighted by Crippen LogP contribution is 2.38. The number of hydrogen-bond acceptors (Lipinski definition) is 9. The zero-order valence-electron chi connectivity index (χ0n) is 31.9. The van der Waals surface area contributed by atoms with Gasteiger partial charge in [-0.1, -0.05) is 0 Å². The minimum absolute atomic E-state index is 0.0750. The zero-order valence-corrected chi connectivity index (χ0v) is 31.9. The summed E-state index contributed by atoms with van der Waals surface area (Å²) in [5.74, 6) is -1.84. The summed E-state index contributed by atoms with van der Waals surface area (Å²) in [5, 5.41) is 55.7. The van der Waals surface area contributed by atoms with Gasteiger partial charge in [0.25, 0.3) is 0 Å². The Kier molecular flexibility index (Phi) is 15.7. The number of carboxylic acids is 2. The maximum Gasteiger partial charge on any atom is 0.303 e. The van der Waals surface area contributed by atoms with Crippen molar-refractivity contribution in [3.05, 3.63) is 69.3 Å². The molecule has 2 aliphatic heterocycles. The van der Waals surface area contributed by atoms with Gasteiger partial charge in [-0.15, -0.1) is 0 Å². The summed E-state index contributed by atoms with van der Waals surface area (Å²) in [5.41, 5.74) is 11.7.